The van der Waals surface area contributed by atoms with Crippen molar-refractivity contribution in [1.82, 2.24) is 16.2 Å². The first-order chi connectivity index (χ1) is 20.1. The molecule has 0 aliphatic heterocycles. The summed E-state index contributed by atoms with van der Waals surface area (Å²) in [4.78, 5) is 8.84. The molecule has 3 N–H and O–H groups in total. The Labute approximate surface area is 256 Å². The molecule has 2 atom stereocenters. The summed E-state index contributed by atoms with van der Waals surface area (Å²) in [6, 6.07) is 2.73. The molecule has 0 radical (unpaired) electrons. The predicted molar refractivity (Wildman–Crippen MR) is 178 cm³/mol. The lowest BCUT2D eigenvalue weighted by atomic mass is 9.87. The second-order valence-corrected chi connectivity index (χ2v) is 10.0. The van der Waals surface area contributed by atoms with E-state index < -0.39 is 0 Å². The number of unbranched alkanes of at least 4 members (excludes halogenated alkanes) is 1. The molecule has 242 valence electrons. The van der Waals surface area contributed by atoms with Crippen LogP contribution in [0.1, 0.15) is 107 Å². The van der Waals surface area contributed by atoms with Crippen molar-refractivity contribution in [1.29, 1.82) is 5.26 Å². The number of rotatable bonds is 19. The average Bonchev–Trinajstić information content (AvgIpc) is 2.99. The van der Waals surface area contributed by atoms with Crippen molar-refractivity contribution in [2.75, 3.05) is 26.8 Å². The summed E-state index contributed by atoms with van der Waals surface area (Å²) in [7, 11) is 1.53. The molecular formula is C33H60F2N6O. The molecule has 0 bridgehead atoms. The van der Waals surface area contributed by atoms with Crippen LogP contribution in [-0.4, -0.2) is 44.9 Å². The van der Waals surface area contributed by atoms with Crippen molar-refractivity contribution in [2.24, 2.45) is 15.4 Å². The van der Waals surface area contributed by atoms with Crippen LogP contribution in [-0.2, 0) is 4.74 Å². The number of hydrogen-bond acceptors (Lipinski definition) is 6. The maximum Gasteiger partial charge on any atom is 0.141 e. The minimum Gasteiger partial charge on any atom is -0.383 e. The third kappa shape index (κ3) is 27.3. The summed E-state index contributed by atoms with van der Waals surface area (Å²) in [5.74, 6) is 0.520. The third-order valence-corrected chi connectivity index (χ3v) is 5.81. The first-order valence-corrected chi connectivity index (χ1v) is 15.2. The second kappa shape index (κ2) is 31.1. The largest absolute Gasteiger partial charge is 0.383 e. The highest BCUT2D eigenvalue weighted by Gasteiger charge is 2.22. The fourth-order valence-electron chi connectivity index (χ4n) is 3.26. The highest BCUT2D eigenvalue weighted by Crippen LogP contribution is 2.21. The molecular weight excluding hydrogens is 534 g/mol. The Morgan fingerprint density at radius 1 is 1.19 bits per heavy atom. The number of methoxy groups -OCH3 is 1. The number of hydrogen-bond donors (Lipinski definition) is 3. The van der Waals surface area contributed by atoms with E-state index in [4.69, 9.17) is 0 Å². The summed E-state index contributed by atoms with van der Waals surface area (Å²) >= 11 is 0. The van der Waals surface area contributed by atoms with Gasteiger partial charge in [0.1, 0.15) is 11.7 Å². The zero-order valence-corrected chi connectivity index (χ0v) is 28.0. The molecule has 7 nitrogen and oxygen atoms in total. The van der Waals surface area contributed by atoms with Crippen molar-refractivity contribution >= 4 is 12.1 Å². The molecule has 9 heteroatoms. The lowest BCUT2D eigenvalue weighted by Gasteiger charge is -2.22. The van der Waals surface area contributed by atoms with Crippen LogP contribution in [0.4, 0.5) is 8.87 Å². The monoisotopic (exact) mass is 594 g/mol. The van der Waals surface area contributed by atoms with Crippen molar-refractivity contribution in [2.45, 2.75) is 113 Å². The quantitative estimate of drug-likeness (QED) is 0.0457. The molecule has 0 saturated carbocycles. The summed E-state index contributed by atoms with van der Waals surface area (Å²) in [6.07, 6.45) is 17.1. The Hall–Kier alpha value is -2.83. The molecule has 0 aliphatic carbocycles. The average molecular weight is 595 g/mol. The summed E-state index contributed by atoms with van der Waals surface area (Å²) in [5.41, 5.74) is 2.50. The highest BCUT2D eigenvalue weighted by molar-refractivity contribution is 5.83. The van der Waals surface area contributed by atoms with Crippen molar-refractivity contribution in [3.05, 3.63) is 48.2 Å². The third-order valence-electron chi connectivity index (χ3n) is 5.81. The van der Waals surface area contributed by atoms with Crippen LogP contribution in [0.5, 0.6) is 0 Å². The Bertz CT molecular complexity index is 857. The van der Waals surface area contributed by atoms with Gasteiger partial charge in [0, 0.05) is 45.2 Å². The molecule has 0 heterocycles. The number of nitrogens with zero attached hydrogens (tertiary/aromatic N) is 3. The SMILES string of the molecule is C/C=C\C(=C/N=CCC)NCC(C)(C#N)CCC.C=C(C)/C(F)=C\NC(CC)=NC(CC)CCCC.COCCNF. The molecule has 0 aliphatic rings. The van der Waals surface area contributed by atoms with Gasteiger partial charge in [-0.15, -0.1) is 4.48 Å². The van der Waals surface area contributed by atoms with Crippen molar-refractivity contribution in [3.63, 3.8) is 0 Å². The fourth-order valence-corrected chi connectivity index (χ4v) is 3.26. The number of allylic oxidation sites excluding steroid dienone is 4. The van der Waals surface area contributed by atoms with Crippen LogP contribution >= 0.6 is 0 Å². The van der Waals surface area contributed by atoms with E-state index in [1.165, 1.54) is 31.7 Å². The van der Waals surface area contributed by atoms with Gasteiger partial charge in [-0.2, -0.15) is 10.8 Å². The molecule has 0 rings (SSSR count). The lowest BCUT2D eigenvalue weighted by Crippen LogP contribution is -2.29. The van der Waals surface area contributed by atoms with Crippen LogP contribution in [0, 0.1) is 16.7 Å². The molecule has 0 saturated heterocycles. The lowest BCUT2D eigenvalue weighted by molar-refractivity contribution is 0.175. The molecule has 0 aromatic rings. The maximum absolute atomic E-state index is 13.3. The second-order valence-electron chi connectivity index (χ2n) is 10.0. The van der Waals surface area contributed by atoms with Gasteiger partial charge in [0.25, 0.3) is 0 Å². The Morgan fingerprint density at radius 2 is 1.88 bits per heavy atom. The normalized spacial score (nSPS) is 14.3. The number of halogens is 2. The smallest absolute Gasteiger partial charge is 0.141 e. The number of nitrogens with one attached hydrogen (secondary N) is 3. The van der Waals surface area contributed by atoms with Gasteiger partial charge in [-0.25, -0.2) is 4.39 Å². The Kier molecular flexibility index (Phi) is 32.3. The van der Waals surface area contributed by atoms with E-state index in [-0.39, 0.29) is 17.8 Å². The van der Waals surface area contributed by atoms with E-state index in [2.05, 4.69) is 58.8 Å². The minimum atomic E-state index is -0.322. The molecule has 0 spiro atoms. The number of amidine groups is 1. The van der Waals surface area contributed by atoms with Gasteiger partial charge < -0.3 is 15.4 Å². The maximum atomic E-state index is 13.3. The zero-order chi connectivity index (χ0) is 32.7. The number of nitriles is 1. The van der Waals surface area contributed by atoms with E-state index in [1.807, 2.05) is 46.1 Å². The first-order valence-electron chi connectivity index (χ1n) is 15.2. The first kappa shape index (κ1) is 43.6. The summed E-state index contributed by atoms with van der Waals surface area (Å²) < 4.78 is 28.6. The number of ether oxygens (including phenoxy) is 1. The van der Waals surface area contributed by atoms with Gasteiger partial charge >= 0.3 is 0 Å². The van der Waals surface area contributed by atoms with E-state index >= 15 is 0 Å². The summed E-state index contributed by atoms with van der Waals surface area (Å²) in [6.45, 7) is 21.0. The standard InChI is InChI=1S/C15H27FN2.C15H25N3.C3H8FNO/c1-6-9-10-13(7-2)18-15(8-3)17-11-14(16)12(4)5;1-5-8-14(11-17-10-7-3)18-13-15(4,12-16)9-6-2;1-6-3-2-5-4/h11,13H,4,6-10H2,1-3,5H3,(H,17,18);5,8,10-11,18H,6-7,9,13H2,1-4H3;5H,2-3H2,1H3/b14-11+;8-5-,14-11+,17-10?;. The highest BCUT2D eigenvalue weighted by atomic mass is 19.2. The molecule has 2 unspecified atom stereocenters. The van der Waals surface area contributed by atoms with E-state index in [0.29, 0.717) is 24.8 Å². The molecule has 0 aromatic carbocycles. The van der Waals surface area contributed by atoms with E-state index in [9.17, 15) is 14.1 Å². The van der Waals surface area contributed by atoms with E-state index in [0.717, 1.165) is 50.1 Å². The van der Waals surface area contributed by atoms with Crippen LogP contribution in [0.25, 0.3) is 0 Å². The topological polar surface area (TPSA) is 93.8 Å². The molecule has 0 aromatic heterocycles. The van der Waals surface area contributed by atoms with Gasteiger partial charge in [0.15, 0.2) is 0 Å². The van der Waals surface area contributed by atoms with Crippen LogP contribution < -0.4 is 16.2 Å². The van der Waals surface area contributed by atoms with Gasteiger partial charge in [0.2, 0.25) is 0 Å². The van der Waals surface area contributed by atoms with Gasteiger partial charge in [-0.1, -0.05) is 66.5 Å². The van der Waals surface area contributed by atoms with Crippen molar-refractivity contribution < 1.29 is 13.6 Å². The van der Waals surface area contributed by atoms with Gasteiger partial charge in [-0.05, 0) is 58.1 Å². The molecule has 0 fully saturated rings. The van der Waals surface area contributed by atoms with Crippen molar-refractivity contribution in [3.8, 4) is 6.07 Å². The van der Waals surface area contributed by atoms with Crippen LogP contribution in [0.2, 0.25) is 0 Å². The molecule has 0 amide bonds. The summed E-state index contributed by atoms with van der Waals surface area (Å²) in [5, 5.41) is 15.5. The van der Waals surface area contributed by atoms with Crippen LogP contribution in [0.15, 0.2) is 58.2 Å². The van der Waals surface area contributed by atoms with Gasteiger partial charge in [-0.3, -0.25) is 9.98 Å². The molecule has 42 heavy (non-hydrogen) atoms. The van der Waals surface area contributed by atoms with Crippen LogP contribution in [0.3, 0.4) is 0 Å². The minimum absolute atomic E-state index is 0.274. The predicted octanol–water partition coefficient (Wildman–Crippen LogP) is 8.65. The Balaban J connectivity index is -0.000000607. The zero-order valence-electron chi connectivity index (χ0n) is 28.0. The number of aliphatic imine (C=N–C) groups is 2. The van der Waals surface area contributed by atoms with E-state index in [1.54, 1.807) is 13.1 Å². The fraction of sp³-hybridized carbons (Fsp3) is 0.667. The Morgan fingerprint density at radius 3 is 2.31 bits per heavy atom. The van der Waals surface area contributed by atoms with Gasteiger partial charge in [0.05, 0.1) is 29.8 Å².